The van der Waals surface area contributed by atoms with Gasteiger partial charge in [0.25, 0.3) is 5.91 Å². The number of aryl methyl sites for hydroxylation is 1. The fraction of sp³-hybridized carbons (Fsp3) is 0.368. The van der Waals surface area contributed by atoms with Crippen LogP contribution in [-0.2, 0) is 19.5 Å². The number of hydrogen-bond donors (Lipinski definition) is 3. The molecule has 0 bridgehead atoms. The molecular weight excluding hydrogens is 332 g/mol. The van der Waals surface area contributed by atoms with E-state index < -0.39 is 0 Å². The first-order valence-corrected chi connectivity index (χ1v) is 9.37. The van der Waals surface area contributed by atoms with Gasteiger partial charge in [-0.3, -0.25) is 9.79 Å². The van der Waals surface area contributed by atoms with E-state index in [1.807, 2.05) is 42.5 Å². The summed E-state index contributed by atoms with van der Waals surface area (Å²) in [7, 11) is 1.76. The number of carbonyl (C=O) groups is 1. The molecule has 2 aromatic rings. The standard InChI is InChI=1S/C19H26N4OS/c1-4-16-9-10-17(25-16)13-23-19(20-3)22-12-14-7-6-8-15(11-14)18(24)21-5-2/h6-11H,4-5,12-13H2,1-3H3,(H,21,24)(H2,20,22,23). The highest BCUT2D eigenvalue weighted by Gasteiger charge is 2.06. The van der Waals surface area contributed by atoms with Gasteiger partial charge in [-0.1, -0.05) is 19.1 Å². The van der Waals surface area contributed by atoms with Crippen LogP contribution in [0.5, 0.6) is 0 Å². The van der Waals surface area contributed by atoms with Gasteiger partial charge in [-0.15, -0.1) is 11.3 Å². The second-order valence-corrected chi connectivity index (χ2v) is 6.81. The number of nitrogens with zero attached hydrogens (tertiary/aromatic N) is 1. The lowest BCUT2D eigenvalue weighted by Gasteiger charge is -2.12. The molecule has 0 unspecified atom stereocenters. The summed E-state index contributed by atoms with van der Waals surface area (Å²) in [6.07, 6.45) is 1.07. The van der Waals surface area contributed by atoms with Crippen molar-refractivity contribution in [1.82, 2.24) is 16.0 Å². The number of nitrogens with one attached hydrogen (secondary N) is 3. The molecule has 1 amide bonds. The maximum absolute atomic E-state index is 11.9. The maximum Gasteiger partial charge on any atom is 0.251 e. The Morgan fingerprint density at radius 3 is 2.48 bits per heavy atom. The number of thiophene rings is 1. The van der Waals surface area contributed by atoms with Crippen LogP contribution < -0.4 is 16.0 Å². The van der Waals surface area contributed by atoms with Crippen LogP contribution in [-0.4, -0.2) is 25.5 Å². The molecule has 1 heterocycles. The van der Waals surface area contributed by atoms with Crippen LogP contribution in [0.2, 0.25) is 0 Å². The molecule has 0 spiro atoms. The zero-order chi connectivity index (χ0) is 18.1. The molecule has 25 heavy (non-hydrogen) atoms. The van der Waals surface area contributed by atoms with Gasteiger partial charge in [0.2, 0.25) is 0 Å². The van der Waals surface area contributed by atoms with E-state index >= 15 is 0 Å². The van der Waals surface area contributed by atoms with Crippen molar-refractivity contribution in [2.24, 2.45) is 4.99 Å². The molecular formula is C19H26N4OS. The quantitative estimate of drug-likeness (QED) is 0.527. The molecule has 0 aliphatic rings. The minimum Gasteiger partial charge on any atom is -0.352 e. The number of amides is 1. The number of guanidine groups is 1. The third-order valence-corrected chi connectivity index (χ3v) is 4.94. The van der Waals surface area contributed by atoms with E-state index in [2.05, 4.69) is 40.0 Å². The number of hydrogen-bond acceptors (Lipinski definition) is 3. The minimum atomic E-state index is -0.0451. The summed E-state index contributed by atoms with van der Waals surface area (Å²) in [5.41, 5.74) is 1.71. The van der Waals surface area contributed by atoms with Gasteiger partial charge in [0, 0.05) is 35.5 Å². The van der Waals surface area contributed by atoms with Crippen molar-refractivity contribution in [3.63, 3.8) is 0 Å². The molecule has 5 nitrogen and oxygen atoms in total. The lowest BCUT2D eigenvalue weighted by molar-refractivity contribution is 0.0955. The molecule has 0 saturated heterocycles. The molecule has 0 aliphatic carbocycles. The lowest BCUT2D eigenvalue weighted by Crippen LogP contribution is -2.36. The molecule has 0 fully saturated rings. The maximum atomic E-state index is 11.9. The van der Waals surface area contributed by atoms with Crippen molar-refractivity contribution in [2.75, 3.05) is 13.6 Å². The Morgan fingerprint density at radius 2 is 1.80 bits per heavy atom. The zero-order valence-corrected chi connectivity index (χ0v) is 15.9. The van der Waals surface area contributed by atoms with Crippen LogP contribution in [0.15, 0.2) is 41.4 Å². The van der Waals surface area contributed by atoms with E-state index in [1.165, 1.54) is 9.75 Å². The van der Waals surface area contributed by atoms with Gasteiger partial charge in [-0.2, -0.15) is 0 Å². The summed E-state index contributed by atoms with van der Waals surface area (Å²) in [6.45, 7) is 6.07. The average Bonchev–Trinajstić information content (AvgIpc) is 3.10. The van der Waals surface area contributed by atoms with Crippen LogP contribution in [0, 0.1) is 0 Å². The molecule has 3 N–H and O–H groups in total. The van der Waals surface area contributed by atoms with Gasteiger partial charge < -0.3 is 16.0 Å². The van der Waals surface area contributed by atoms with Crippen molar-refractivity contribution in [2.45, 2.75) is 33.4 Å². The Balaban J connectivity index is 1.88. The molecule has 2 rings (SSSR count). The molecule has 1 aromatic carbocycles. The molecule has 0 aliphatic heterocycles. The van der Waals surface area contributed by atoms with Crippen molar-refractivity contribution in [1.29, 1.82) is 0 Å². The van der Waals surface area contributed by atoms with Crippen molar-refractivity contribution in [3.8, 4) is 0 Å². The van der Waals surface area contributed by atoms with Crippen molar-refractivity contribution >= 4 is 23.2 Å². The van der Waals surface area contributed by atoms with Crippen LogP contribution in [0.3, 0.4) is 0 Å². The normalized spacial score (nSPS) is 11.2. The molecule has 0 radical (unpaired) electrons. The van der Waals surface area contributed by atoms with E-state index in [-0.39, 0.29) is 5.91 Å². The smallest absolute Gasteiger partial charge is 0.251 e. The molecule has 0 atom stereocenters. The van der Waals surface area contributed by atoms with E-state index in [0.717, 1.165) is 24.5 Å². The van der Waals surface area contributed by atoms with E-state index in [1.54, 1.807) is 7.05 Å². The predicted octanol–water partition coefficient (Wildman–Crippen LogP) is 2.93. The van der Waals surface area contributed by atoms with Gasteiger partial charge in [0.15, 0.2) is 5.96 Å². The third kappa shape index (κ3) is 5.90. The van der Waals surface area contributed by atoms with E-state index in [0.29, 0.717) is 18.7 Å². The number of rotatable bonds is 7. The van der Waals surface area contributed by atoms with Crippen LogP contribution >= 0.6 is 11.3 Å². The molecule has 6 heteroatoms. The Kier molecular flexibility index (Phi) is 7.47. The van der Waals surface area contributed by atoms with Gasteiger partial charge in [0.05, 0.1) is 6.54 Å². The summed E-state index contributed by atoms with van der Waals surface area (Å²) >= 11 is 1.82. The Morgan fingerprint density at radius 1 is 1.04 bits per heavy atom. The van der Waals surface area contributed by atoms with Crippen LogP contribution in [0.1, 0.15) is 39.5 Å². The highest BCUT2D eigenvalue weighted by atomic mass is 32.1. The summed E-state index contributed by atoms with van der Waals surface area (Å²) in [5, 5.41) is 9.42. The van der Waals surface area contributed by atoms with E-state index in [9.17, 15) is 4.79 Å². The summed E-state index contributed by atoms with van der Waals surface area (Å²) in [6, 6.07) is 11.9. The third-order valence-electron chi connectivity index (χ3n) is 3.71. The molecule has 1 aromatic heterocycles. The second-order valence-electron chi connectivity index (χ2n) is 5.56. The first kappa shape index (κ1) is 19.0. The van der Waals surface area contributed by atoms with E-state index in [4.69, 9.17) is 0 Å². The zero-order valence-electron chi connectivity index (χ0n) is 15.1. The highest BCUT2D eigenvalue weighted by molar-refractivity contribution is 7.11. The van der Waals surface area contributed by atoms with Gasteiger partial charge >= 0.3 is 0 Å². The van der Waals surface area contributed by atoms with Crippen molar-refractivity contribution < 1.29 is 4.79 Å². The first-order valence-electron chi connectivity index (χ1n) is 8.55. The monoisotopic (exact) mass is 358 g/mol. The Hall–Kier alpha value is -2.34. The van der Waals surface area contributed by atoms with Gasteiger partial charge in [0.1, 0.15) is 0 Å². The summed E-state index contributed by atoms with van der Waals surface area (Å²) in [5.74, 6) is 0.700. The van der Waals surface area contributed by atoms with Crippen LogP contribution in [0.4, 0.5) is 0 Å². The lowest BCUT2D eigenvalue weighted by atomic mass is 10.1. The number of carbonyl (C=O) groups excluding carboxylic acids is 1. The average molecular weight is 359 g/mol. The largest absolute Gasteiger partial charge is 0.352 e. The van der Waals surface area contributed by atoms with Crippen molar-refractivity contribution in [3.05, 3.63) is 57.3 Å². The SMILES string of the molecule is CCNC(=O)c1cccc(CNC(=NC)NCc2ccc(CC)s2)c1. The Bertz CT molecular complexity index is 724. The predicted molar refractivity (Wildman–Crippen MR) is 105 cm³/mol. The van der Waals surface area contributed by atoms with Crippen LogP contribution in [0.25, 0.3) is 0 Å². The fourth-order valence-electron chi connectivity index (χ4n) is 2.37. The minimum absolute atomic E-state index is 0.0451. The number of aliphatic imine (C=N–C) groups is 1. The molecule has 0 saturated carbocycles. The first-order chi connectivity index (χ1) is 12.2. The topological polar surface area (TPSA) is 65.5 Å². The summed E-state index contributed by atoms with van der Waals surface area (Å²) < 4.78 is 0. The fourth-order valence-corrected chi connectivity index (χ4v) is 3.27. The van der Waals surface area contributed by atoms with Gasteiger partial charge in [-0.05, 0) is 43.2 Å². The number of benzene rings is 1. The Labute approximate surface area is 153 Å². The highest BCUT2D eigenvalue weighted by Crippen LogP contribution is 2.16. The van der Waals surface area contributed by atoms with Gasteiger partial charge in [-0.25, -0.2) is 0 Å². The summed E-state index contributed by atoms with van der Waals surface area (Å²) in [4.78, 5) is 18.8. The second kappa shape index (κ2) is 9.84. The molecule has 134 valence electrons.